The lowest BCUT2D eigenvalue weighted by Gasteiger charge is -2.10. The molecule has 0 aliphatic carbocycles. The highest BCUT2D eigenvalue weighted by atomic mass is 14.9. The first-order valence-electron chi connectivity index (χ1n) is 8.44. The molecular formula is C22H14N4. The van der Waals surface area contributed by atoms with Crippen molar-refractivity contribution in [3.63, 3.8) is 0 Å². The molecule has 1 N–H and O–H groups in total. The first kappa shape index (κ1) is 14.6. The lowest BCUT2D eigenvalue weighted by Crippen LogP contribution is -1.95. The van der Waals surface area contributed by atoms with Crippen LogP contribution in [0, 0.1) is 11.3 Å². The fraction of sp³-hybridized carbons (Fsp3) is 0.0455. The van der Waals surface area contributed by atoms with Crippen LogP contribution in [-0.2, 0) is 6.42 Å². The topological polar surface area (TPSA) is 65.4 Å². The second-order valence-corrected chi connectivity index (χ2v) is 6.36. The number of nitrogens with zero attached hydrogens (tertiary/aromatic N) is 3. The van der Waals surface area contributed by atoms with E-state index in [2.05, 4.69) is 45.3 Å². The molecule has 0 spiro atoms. The molecule has 3 aromatic carbocycles. The van der Waals surface area contributed by atoms with E-state index in [0.717, 1.165) is 43.7 Å². The number of benzene rings is 3. The van der Waals surface area contributed by atoms with Gasteiger partial charge in [-0.25, -0.2) is 4.98 Å². The molecule has 0 fully saturated rings. The van der Waals surface area contributed by atoms with Crippen molar-refractivity contribution < 1.29 is 0 Å². The van der Waals surface area contributed by atoms with Gasteiger partial charge in [0.15, 0.2) is 0 Å². The molecule has 0 aliphatic rings. The zero-order chi connectivity index (χ0) is 17.5. The smallest absolute Gasteiger partial charge is 0.0994 e. The molecule has 5 aromatic rings. The van der Waals surface area contributed by atoms with Crippen LogP contribution in [0.15, 0.2) is 67.3 Å². The van der Waals surface area contributed by atoms with Crippen molar-refractivity contribution in [2.45, 2.75) is 6.42 Å². The number of hydrogen-bond donors (Lipinski definition) is 1. The Morgan fingerprint density at radius 2 is 1.69 bits per heavy atom. The number of fused-ring (bicyclic) bond motifs is 5. The molecule has 0 bridgehead atoms. The Labute approximate surface area is 149 Å². The molecular weight excluding hydrogens is 320 g/mol. The Morgan fingerprint density at radius 3 is 2.62 bits per heavy atom. The van der Waals surface area contributed by atoms with Gasteiger partial charge in [-0.1, -0.05) is 36.4 Å². The van der Waals surface area contributed by atoms with Gasteiger partial charge in [0.05, 0.1) is 29.0 Å². The van der Waals surface area contributed by atoms with Gasteiger partial charge in [-0.2, -0.15) is 5.26 Å². The van der Waals surface area contributed by atoms with E-state index in [1.807, 2.05) is 36.7 Å². The number of aromatic amines is 1. The fourth-order valence-electron chi connectivity index (χ4n) is 3.66. The number of H-pyrrole nitrogens is 1. The molecule has 2 aromatic heterocycles. The standard InChI is InChI=1S/C22H14N4/c23-10-15-4-2-1-3-14(15)9-16-11-24-12-20-17(16)5-6-19-18(20)7-8-21-22(19)26-13-25-21/h1-8,11-13H,9H2,(H,25,26). The number of nitrogens with one attached hydrogen (secondary N) is 1. The van der Waals surface area contributed by atoms with Crippen LogP contribution in [0.2, 0.25) is 0 Å². The second kappa shape index (κ2) is 5.68. The number of pyridine rings is 1. The summed E-state index contributed by atoms with van der Waals surface area (Å²) in [6.07, 6.45) is 6.22. The van der Waals surface area contributed by atoms with Gasteiger partial charge in [-0.15, -0.1) is 0 Å². The third-order valence-electron chi connectivity index (χ3n) is 4.93. The van der Waals surface area contributed by atoms with Gasteiger partial charge in [0.2, 0.25) is 0 Å². The Hall–Kier alpha value is -3.71. The van der Waals surface area contributed by atoms with Crippen molar-refractivity contribution in [3.05, 3.63) is 83.9 Å². The monoisotopic (exact) mass is 334 g/mol. The maximum Gasteiger partial charge on any atom is 0.0994 e. The third-order valence-corrected chi connectivity index (χ3v) is 4.93. The predicted octanol–water partition coefficient (Wildman–Crippen LogP) is 4.73. The summed E-state index contributed by atoms with van der Waals surface area (Å²) in [5.74, 6) is 0. The van der Waals surface area contributed by atoms with E-state index in [9.17, 15) is 5.26 Å². The normalized spacial score (nSPS) is 11.2. The molecule has 2 heterocycles. The average Bonchev–Trinajstić information content (AvgIpc) is 3.17. The minimum Gasteiger partial charge on any atom is -0.345 e. The molecule has 26 heavy (non-hydrogen) atoms. The number of aromatic nitrogens is 3. The first-order valence-corrected chi connectivity index (χ1v) is 8.44. The summed E-state index contributed by atoms with van der Waals surface area (Å²) in [7, 11) is 0. The summed E-state index contributed by atoms with van der Waals surface area (Å²) in [6, 6.07) is 18.4. The maximum atomic E-state index is 9.36. The summed E-state index contributed by atoms with van der Waals surface area (Å²) >= 11 is 0. The summed E-state index contributed by atoms with van der Waals surface area (Å²) in [5.41, 5.74) is 4.86. The Kier molecular flexibility index (Phi) is 3.19. The third kappa shape index (κ3) is 2.15. The van der Waals surface area contributed by atoms with Gasteiger partial charge < -0.3 is 4.98 Å². The zero-order valence-electron chi connectivity index (χ0n) is 13.9. The molecule has 0 aliphatic heterocycles. The molecule has 0 saturated heterocycles. The minimum absolute atomic E-state index is 0.685. The van der Waals surface area contributed by atoms with Gasteiger partial charge in [-0.3, -0.25) is 4.98 Å². The van der Waals surface area contributed by atoms with Crippen LogP contribution >= 0.6 is 0 Å². The van der Waals surface area contributed by atoms with E-state index >= 15 is 0 Å². The van der Waals surface area contributed by atoms with E-state index in [0.29, 0.717) is 12.0 Å². The van der Waals surface area contributed by atoms with E-state index in [1.165, 1.54) is 0 Å². The molecule has 0 atom stereocenters. The molecule has 0 unspecified atom stereocenters. The number of imidazole rings is 1. The molecule has 0 amide bonds. The van der Waals surface area contributed by atoms with E-state index in [4.69, 9.17) is 0 Å². The van der Waals surface area contributed by atoms with Crippen molar-refractivity contribution in [2.24, 2.45) is 0 Å². The van der Waals surface area contributed by atoms with E-state index in [1.54, 1.807) is 6.33 Å². The van der Waals surface area contributed by atoms with Crippen LogP contribution in [0.5, 0.6) is 0 Å². The van der Waals surface area contributed by atoms with Gasteiger partial charge in [0.25, 0.3) is 0 Å². The summed E-state index contributed by atoms with van der Waals surface area (Å²) in [6.45, 7) is 0. The highest BCUT2D eigenvalue weighted by molar-refractivity contribution is 6.15. The van der Waals surface area contributed by atoms with Gasteiger partial charge in [-0.05, 0) is 34.0 Å². The second-order valence-electron chi connectivity index (χ2n) is 6.36. The van der Waals surface area contributed by atoms with Crippen molar-refractivity contribution in [2.75, 3.05) is 0 Å². The van der Waals surface area contributed by atoms with E-state index < -0.39 is 0 Å². The van der Waals surface area contributed by atoms with Crippen LogP contribution in [0.1, 0.15) is 16.7 Å². The Balaban J connectivity index is 1.74. The zero-order valence-corrected chi connectivity index (χ0v) is 13.9. The van der Waals surface area contributed by atoms with Crippen LogP contribution in [0.3, 0.4) is 0 Å². The van der Waals surface area contributed by atoms with Crippen LogP contribution in [0.25, 0.3) is 32.6 Å². The Bertz CT molecular complexity index is 1320. The average molecular weight is 334 g/mol. The molecule has 5 rings (SSSR count). The summed E-state index contributed by atoms with van der Waals surface area (Å²) in [5, 5.41) is 13.9. The van der Waals surface area contributed by atoms with Gasteiger partial charge in [0, 0.05) is 29.6 Å². The number of nitriles is 1. The molecule has 0 radical (unpaired) electrons. The minimum atomic E-state index is 0.685. The van der Waals surface area contributed by atoms with Crippen molar-refractivity contribution in [3.8, 4) is 6.07 Å². The Morgan fingerprint density at radius 1 is 0.846 bits per heavy atom. The lowest BCUT2D eigenvalue weighted by atomic mass is 9.95. The van der Waals surface area contributed by atoms with Gasteiger partial charge >= 0.3 is 0 Å². The van der Waals surface area contributed by atoms with Crippen LogP contribution in [-0.4, -0.2) is 15.0 Å². The van der Waals surface area contributed by atoms with Crippen molar-refractivity contribution in [1.82, 2.24) is 15.0 Å². The predicted molar refractivity (Wildman–Crippen MR) is 103 cm³/mol. The molecule has 0 saturated carbocycles. The lowest BCUT2D eigenvalue weighted by molar-refractivity contribution is 1.16. The van der Waals surface area contributed by atoms with Crippen molar-refractivity contribution >= 4 is 32.6 Å². The SMILES string of the molecule is N#Cc1ccccc1Cc1cncc2c1ccc1c2ccc2[nH]cnc21. The molecule has 4 nitrogen and oxygen atoms in total. The molecule has 122 valence electrons. The number of hydrogen-bond acceptors (Lipinski definition) is 3. The van der Waals surface area contributed by atoms with Crippen molar-refractivity contribution in [1.29, 1.82) is 5.26 Å². The highest BCUT2D eigenvalue weighted by Crippen LogP contribution is 2.31. The van der Waals surface area contributed by atoms with Gasteiger partial charge in [0.1, 0.15) is 0 Å². The largest absolute Gasteiger partial charge is 0.345 e. The highest BCUT2D eigenvalue weighted by Gasteiger charge is 2.10. The quantitative estimate of drug-likeness (QED) is 0.475. The molecule has 4 heteroatoms. The first-order chi connectivity index (χ1) is 12.8. The summed E-state index contributed by atoms with van der Waals surface area (Å²) < 4.78 is 0. The van der Waals surface area contributed by atoms with E-state index in [-0.39, 0.29) is 0 Å². The summed E-state index contributed by atoms with van der Waals surface area (Å²) in [4.78, 5) is 12.1. The number of rotatable bonds is 2. The maximum absolute atomic E-state index is 9.36. The van der Waals surface area contributed by atoms with Crippen LogP contribution < -0.4 is 0 Å². The fourth-order valence-corrected chi connectivity index (χ4v) is 3.66. The van der Waals surface area contributed by atoms with Crippen LogP contribution in [0.4, 0.5) is 0 Å².